The van der Waals surface area contributed by atoms with Crippen LogP contribution >= 0.6 is 24.0 Å². The van der Waals surface area contributed by atoms with E-state index in [2.05, 4.69) is 20.9 Å². The molecule has 0 aromatic rings. The zero-order valence-corrected chi connectivity index (χ0v) is 17.3. The number of carbonyl (C=O) groups excluding carboxylic acids is 1. The van der Waals surface area contributed by atoms with Crippen LogP contribution in [0.4, 0.5) is 0 Å². The Balaban J connectivity index is 0.00000529. The number of guanidine groups is 1. The van der Waals surface area contributed by atoms with Crippen molar-refractivity contribution in [3.63, 3.8) is 0 Å². The van der Waals surface area contributed by atoms with Crippen LogP contribution in [0, 0.1) is 0 Å². The van der Waals surface area contributed by atoms with E-state index in [9.17, 15) is 4.79 Å². The fraction of sp³-hybridized carbons (Fsp3) is 0.875. The predicted octanol–water partition coefficient (Wildman–Crippen LogP) is 1.27. The molecule has 1 amide bonds. The molecule has 0 aromatic heterocycles. The van der Waals surface area contributed by atoms with Crippen molar-refractivity contribution in [3.8, 4) is 0 Å². The minimum absolute atomic E-state index is 0. The number of carbonyl (C=O) groups is 1. The quantitative estimate of drug-likeness (QED) is 0.189. The SMILES string of the molecule is CN=C(NCCCOCCOC)NCCC(=O)NC1CCCC1.I. The molecule has 0 unspecified atom stereocenters. The number of halogens is 1. The molecule has 1 aliphatic rings. The van der Waals surface area contributed by atoms with E-state index in [1.807, 2.05) is 0 Å². The topological polar surface area (TPSA) is 84.0 Å². The number of ether oxygens (including phenoxy) is 2. The lowest BCUT2D eigenvalue weighted by Crippen LogP contribution is -2.40. The maximum Gasteiger partial charge on any atom is 0.221 e. The molecular formula is C16H33IN4O3. The Morgan fingerprint density at radius 2 is 1.83 bits per heavy atom. The van der Waals surface area contributed by atoms with Gasteiger partial charge in [-0.2, -0.15) is 0 Å². The van der Waals surface area contributed by atoms with Crippen LogP contribution in [-0.4, -0.2) is 65.0 Å². The van der Waals surface area contributed by atoms with Gasteiger partial charge in [0.05, 0.1) is 13.2 Å². The summed E-state index contributed by atoms with van der Waals surface area (Å²) in [6, 6.07) is 0.387. The Morgan fingerprint density at radius 3 is 2.50 bits per heavy atom. The summed E-state index contributed by atoms with van der Waals surface area (Å²) >= 11 is 0. The molecule has 0 radical (unpaired) electrons. The van der Waals surface area contributed by atoms with Crippen LogP contribution in [0.5, 0.6) is 0 Å². The van der Waals surface area contributed by atoms with Crippen molar-refractivity contribution in [1.29, 1.82) is 0 Å². The molecule has 1 rings (SSSR count). The largest absolute Gasteiger partial charge is 0.382 e. The lowest BCUT2D eigenvalue weighted by atomic mass is 10.2. The zero-order valence-electron chi connectivity index (χ0n) is 14.9. The van der Waals surface area contributed by atoms with Gasteiger partial charge in [0.2, 0.25) is 5.91 Å². The number of aliphatic imine (C=N–C) groups is 1. The van der Waals surface area contributed by atoms with Crippen molar-refractivity contribution in [3.05, 3.63) is 0 Å². The lowest BCUT2D eigenvalue weighted by Gasteiger charge is -2.14. The van der Waals surface area contributed by atoms with E-state index in [0.717, 1.165) is 31.8 Å². The molecule has 1 saturated carbocycles. The number of amides is 1. The highest BCUT2D eigenvalue weighted by Gasteiger charge is 2.16. The highest BCUT2D eigenvalue weighted by molar-refractivity contribution is 14.0. The summed E-state index contributed by atoms with van der Waals surface area (Å²) in [5.41, 5.74) is 0. The van der Waals surface area contributed by atoms with Crippen LogP contribution in [0.2, 0.25) is 0 Å². The molecular weight excluding hydrogens is 423 g/mol. The van der Waals surface area contributed by atoms with Crippen LogP contribution in [0.25, 0.3) is 0 Å². The first-order valence-electron chi connectivity index (χ1n) is 8.57. The van der Waals surface area contributed by atoms with Gasteiger partial charge in [-0.3, -0.25) is 9.79 Å². The Labute approximate surface area is 162 Å². The second-order valence-corrected chi connectivity index (χ2v) is 5.68. The van der Waals surface area contributed by atoms with Gasteiger partial charge in [-0.05, 0) is 19.3 Å². The first kappa shape index (κ1) is 23.4. The average Bonchev–Trinajstić information content (AvgIpc) is 3.05. The van der Waals surface area contributed by atoms with Crippen molar-refractivity contribution in [2.45, 2.75) is 44.6 Å². The standard InChI is InChI=1S/C16H32N4O3.HI/c1-17-16(18-9-5-11-23-13-12-22-2)19-10-8-15(21)20-14-6-3-4-7-14;/h14H,3-13H2,1-2H3,(H,20,21)(H2,17,18,19);1H. The third-order valence-corrected chi connectivity index (χ3v) is 3.78. The molecule has 8 heteroatoms. The smallest absolute Gasteiger partial charge is 0.221 e. The molecule has 3 N–H and O–H groups in total. The third-order valence-electron chi connectivity index (χ3n) is 3.78. The minimum Gasteiger partial charge on any atom is -0.382 e. The van der Waals surface area contributed by atoms with E-state index in [1.165, 1.54) is 12.8 Å². The van der Waals surface area contributed by atoms with Gasteiger partial charge < -0.3 is 25.4 Å². The van der Waals surface area contributed by atoms with Crippen molar-refractivity contribution < 1.29 is 14.3 Å². The summed E-state index contributed by atoms with van der Waals surface area (Å²) in [6.07, 6.45) is 6.07. The minimum atomic E-state index is 0. The van der Waals surface area contributed by atoms with Gasteiger partial charge >= 0.3 is 0 Å². The van der Waals surface area contributed by atoms with Gasteiger partial charge in [0.1, 0.15) is 0 Å². The number of methoxy groups -OCH3 is 1. The Bertz CT molecular complexity index is 350. The average molecular weight is 456 g/mol. The number of nitrogens with zero attached hydrogens (tertiary/aromatic N) is 1. The van der Waals surface area contributed by atoms with Crippen LogP contribution in [0.1, 0.15) is 38.5 Å². The van der Waals surface area contributed by atoms with Crippen molar-refractivity contribution in [2.75, 3.05) is 47.1 Å². The predicted molar refractivity (Wildman–Crippen MR) is 107 cm³/mol. The van der Waals surface area contributed by atoms with Crippen LogP contribution in [-0.2, 0) is 14.3 Å². The number of rotatable bonds is 11. The molecule has 0 aromatic carbocycles. The van der Waals surface area contributed by atoms with E-state index in [-0.39, 0.29) is 29.9 Å². The molecule has 0 heterocycles. The highest BCUT2D eigenvalue weighted by Crippen LogP contribution is 2.17. The molecule has 0 atom stereocenters. The summed E-state index contributed by atoms with van der Waals surface area (Å²) in [7, 11) is 3.39. The lowest BCUT2D eigenvalue weighted by molar-refractivity contribution is -0.121. The summed E-state index contributed by atoms with van der Waals surface area (Å²) in [4.78, 5) is 16.0. The van der Waals surface area contributed by atoms with Gasteiger partial charge in [-0.25, -0.2) is 0 Å². The number of hydrogen-bond acceptors (Lipinski definition) is 4. The number of hydrogen-bond donors (Lipinski definition) is 3. The summed E-state index contributed by atoms with van der Waals surface area (Å²) in [5, 5.41) is 9.44. The van der Waals surface area contributed by atoms with Gasteiger partial charge in [0.15, 0.2) is 5.96 Å². The fourth-order valence-electron chi connectivity index (χ4n) is 2.51. The second-order valence-electron chi connectivity index (χ2n) is 5.68. The van der Waals surface area contributed by atoms with E-state index < -0.39 is 0 Å². The van der Waals surface area contributed by atoms with Crippen molar-refractivity contribution >= 4 is 35.8 Å². The summed E-state index contributed by atoms with van der Waals surface area (Å²) in [5.74, 6) is 0.835. The summed E-state index contributed by atoms with van der Waals surface area (Å²) in [6.45, 7) is 3.31. The van der Waals surface area contributed by atoms with Crippen LogP contribution in [0.15, 0.2) is 4.99 Å². The van der Waals surface area contributed by atoms with Crippen LogP contribution in [0.3, 0.4) is 0 Å². The summed E-state index contributed by atoms with van der Waals surface area (Å²) < 4.78 is 10.3. The maximum absolute atomic E-state index is 11.8. The maximum atomic E-state index is 11.8. The Morgan fingerprint density at radius 1 is 1.12 bits per heavy atom. The van der Waals surface area contributed by atoms with Crippen molar-refractivity contribution in [1.82, 2.24) is 16.0 Å². The van der Waals surface area contributed by atoms with Crippen LogP contribution < -0.4 is 16.0 Å². The molecule has 142 valence electrons. The molecule has 7 nitrogen and oxygen atoms in total. The van der Waals surface area contributed by atoms with E-state index >= 15 is 0 Å². The molecule has 24 heavy (non-hydrogen) atoms. The first-order chi connectivity index (χ1) is 11.3. The molecule has 0 bridgehead atoms. The molecule has 0 aliphatic heterocycles. The van der Waals surface area contributed by atoms with Gasteiger partial charge in [-0.1, -0.05) is 12.8 Å². The Kier molecular flexibility index (Phi) is 15.5. The van der Waals surface area contributed by atoms with Gasteiger partial charge in [0, 0.05) is 46.3 Å². The highest BCUT2D eigenvalue weighted by atomic mass is 127. The van der Waals surface area contributed by atoms with Gasteiger partial charge in [0.25, 0.3) is 0 Å². The van der Waals surface area contributed by atoms with E-state index in [1.54, 1.807) is 14.2 Å². The van der Waals surface area contributed by atoms with Gasteiger partial charge in [-0.15, -0.1) is 24.0 Å². The van der Waals surface area contributed by atoms with E-state index in [0.29, 0.717) is 38.8 Å². The monoisotopic (exact) mass is 456 g/mol. The molecule has 1 aliphatic carbocycles. The van der Waals surface area contributed by atoms with E-state index in [4.69, 9.17) is 9.47 Å². The molecule has 0 spiro atoms. The fourth-order valence-corrected chi connectivity index (χ4v) is 2.51. The normalized spacial score (nSPS) is 15.0. The number of nitrogens with one attached hydrogen (secondary N) is 3. The second kappa shape index (κ2) is 15.9. The third kappa shape index (κ3) is 11.9. The molecule has 1 fully saturated rings. The first-order valence-corrected chi connectivity index (χ1v) is 8.57. The van der Waals surface area contributed by atoms with Crippen molar-refractivity contribution in [2.24, 2.45) is 4.99 Å². The molecule has 0 saturated heterocycles. The zero-order chi connectivity index (χ0) is 16.8. The Hall–Kier alpha value is -0.610.